The van der Waals surface area contributed by atoms with Gasteiger partial charge in [-0.2, -0.15) is 0 Å². The summed E-state index contributed by atoms with van der Waals surface area (Å²) in [6, 6.07) is 13.6. The molecule has 1 aliphatic rings. The van der Waals surface area contributed by atoms with Gasteiger partial charge in [0.25, 0.3) is 5.91 Å². The van der Waals surface area contributed by atoms with Crippen LogP contribution in [0.15, 0.2) is 64.1 Å². The van der Waals surface area contributed by atoms with Crippen LogP contribution in [0.1, 0.15) is 30.0 Å². The number of sulfone groups is 1. The lowest BCUT2D eigenvalue weighted by molar-refractivity contribution is -0.117. The monoisotopic (exact) mass is 452 g/mol. The first-order chi connectivity index (χ1) is 15.1. The predicted molar refractivity (Wildman–Crippen MR) is 123 cm³/mol. The molecule has 1 atom stereocenters. The van der Waals surface area contributed by atoms with Crippen molar-refractivity contribution in [2.24, 2.45) is 0 Å². The highest BCUT2D eigenvalue weighted by Crippen LogP contribution is 2.40. The first kappa shape index (κ1) is 21.8. The van der Waals surface area contributed by atoms with Crippen LogP contribution in [-0.2, 0) is 14.6 Å². The fourth-order valence-electron chi connectivity index (χ4n) is 4.12. The van der Waals surface area contributed by atoms with Crippen molar-refractivity contribution in [1.82, 2.24) is 0 Å². The van der Waals surface area contributed by atoms with Gasteiger partial charge in [0.1, 0.15) is 5.76 Å². The number of furan rings is 1. The van der Waals surface area contributed by atoms with Gasteiger partial charge in [0, 0.05) is 19.7 Å². The molecule has 32 heavy (non-hydrogen) atoms. The molecule has 2 amide bonds. The highest BCUT2D eigenvalue weighted by Gasteiger charge is 2.35. The fraction of sp³-hybridized carbons (Fsp3) is 0.250. The van der Waals surface area contributed by atoms with E-state index in [0.717, 1.165) is 11.1 Å². The maximum atomic E-state index is 13.4. The van der Waals surface area contributed by atoms with Crippen LogP contribution >= 0.6 is 0 Å². The second kappa shape index (κ2) is 7.94. The number of nitrogens with zero attached hydrogens (tertiary/aromatic N) is 2. The summed E-state index contributed by atoms with van der Waals surface area (Å²) in [5, 5.41) is 0. The Morgan fingerprint density at radius 2 is 1.66 bits per heavy atom. The van der Waals surface area contributed by atoms with E-state index in [-0.39, 0.29) is 22.8 Å². The summed E-state index contributed by atoms with van der Waals surface area (Å²) < 4.78 is 28.9. The Bertz CT molecular complexity index is 1310. The van der Waals surface area contributed by atoms with Crippen molar-refractivity contribution in [2.75, 3.05) is 22.6 Å². The molecule has 3 aromatic rings. The fourth-order valence-corrected chi connectivity index (χ4v) is 4.75. The first-order valence-corrected chi connectivity index (χ1v) is 12.1. The maximum absolute atomic E-state index is 13.4. The highest BCUT2D eigenvalue weighted by atomic mass is 32.2. The van der Waals surface area contributed by atoms with E-state index < -0.39 is 9.84 Å². The van der Waals surface area contributed by atoms with Crippen molar-refractivity contribution < 1.29 is 22.4 Å². The van der Waals surface area contributed by atoms with Crippen LogP contribution in [-0.4, -0.2) is 39.1 Å². The Balaban J connectivity index is 1.82. The largest absolute Gasteiger partial charge is 0.469 e. The highest BCUT2D eigenvalue weighted by molar-refractivity contribution is 7.90. The molecule has 0 unspecified atom stereocenters. The van der Waals surface area contributed by atoms with Gasteiger partial charge in [-0.15, -0.1) is 0 Å². The van der Waals surface area contributed by atoms with Gasteiger partial charge in [-0.05, 0) is 55.3 Å². The third-order valence-corrected chi connectivity index (χ3v) is 6.83. The molecule has 2 aromatic carbocycles. The summed E-state index contributed by atoms with van der Waals surface area (Å²) in [5.41, 5.74) is 3.36. The van der Waals surface area contributed by atoms with Crippen LogP contribution in [0.4, 0.5) is 11.4 Å². The average molecular weight is 453 g/mol. The molecule has 166 valence electrons. The number of amides is 2. The predicted octanol–water partition coefficient (Wildman–Crippen LogP) is 4.06. The average Bonchev–Trinajstić information content (AvgIpc) is 3.17. The van der Waals surface area contributed by atoms with Crippen molar-refractivity contribution >= 4 is 33.0 Å². The van der Waals surface area contributed by atoms with Crippen molar-refractivity contribution in [1.29, 1.82) is 0 Å². The molecule has 7 nitrogen and oxygen atoms in total. The Morgan fingerprint density at radius 1 is 1.00 bits per heavy atom. The number of carbonyl (C=O) groups excluding carboxylic acids is 2. The van der Waals surface area contributed by atoms with E-state index in [1.165, 1.54) is 19.4 Å². The molecular weight excluding hydrogens is 428 g/mol. The second-order valence-electron chi connectivity index (χ2n) is 8.04. The van der Waals surface area contributed by atoms with E-state index in [4.69, 9.17) is 4.42 Å². The summed E-state index contributed by atoms with van der Waals surface area (Å²) >= 11 is 0. The number of hydrogen-bond acceptors (Lipinski definition) is 5. The van der Waals surface area contributed by atoms with Crippen LogP contribution < -0.4 is 9.80 Å². The normalized spacial score (nSPS) is 16.1. The van der Waals surface area contributed by atoms with Gasteiger partial charge in [-0.1, -0.05) is 18.2 Å². The number of carbonyl (C=O) groups is 2. The second-order valence-corrected chi connectivity index (χ2v) is 10.1. The molecule has 0 spiro atoms. The van der Waals surface area contributed by atoms with E-state index in [1.807, 2.05) is 25.1 Å². The number of aryl methyl sites for hydroxylation is 1. The summed E-state index contributed by atoms with van der Waals surface area (Å²) in [6.45, 7) is 5.50. The van der Waals surface area contributed by atoms with Gasteiger partial charge < -0.3 is 14.2 Å². The zero-order chi connectivity index (χ0) is 23.2. The molecule has 0 saturated carbocycles. The summed E-state index contributed by atoms with van der Waals surface area (Å²) in [6.07, 6.45) is 2.65. The molecular formula is C24H24N2O5S. The minimum atomic E-state index is -3.29. The topological polar surface area (TPSA) is 87.9 Å². The zero-order valence-corrected chi connectivity index (χ0v) is 19.1. The molecule has 0 bridgehead atoms. The van der Waals surface area contributed by atoms with E-state index >= 15 is 0 Å². The molecule has 0 radical (unpaired) electrons. The quantitative estimate of drug-likeness (QED) is 0.598. The Kier molecular flexibility index (Phi) is 5.42. The van der Waals surface area contributed by atoms with Crippen molar-refractivity contribution in [3.05, 3.63) is 66.1 Å². The van der Waals surface area contributed by atoms with Crippen LogP contribution in [0, 0.1) is 6.92 Å². The summed E-state index contributed by atoms with van der Waals surface area (Å²) in [7, 11) is -3.29. The Hall–Kier alpha value is -3.39. The molecule has 0 saturated heterocycles. The lowest BCUT2D eigenvalue weighted by Crippen LogP contribution is -2.51. The SMILES string of the molecule is CC(=O)N1c2ccc(-c3ccc(S(C)(=O)=O)cc3)cc2N(C(=O)c2ccoc2C)C[C@@H]1C. The van der Waals surface area contributed by atoms with Crippen LogP contribution in [0.2, 0.25) is 0 Å². The maximum Gasteiger partial charge on any atom is 0.261 e. The van der Waals surface area contributed by atoms with E-state index in [9.17, 15) is 18.0 Å². The van der Waals surface area contributed by atoms with Gasteiger partial charge >= 0.3 is 0 Å². The molecule has 8 heteroatoms. The first-order valence-electron chi connectivity index (χ1n) is 10.2. The molecule has 4 rings (SSSR count). The number of rotatable bonds is 3. The van der Waals surface area contributed by atoms with E-state index in [0.29, 0.717) is 29.2 Å². The van der Waals surface area contributed by atoms with E-state index in [1.54, 1.807) is 47.1 Å². The van der Waals surface area contributed by atoms with Gasteiger partial charge in [-0.25, -0.2) is 8.42 Å². The minimum absolute atomic E-state index is 0.101. The lowest BCUT2D eigenvalue weighted by Gasteiger charge is -2.41. The number of benzene rings is 2. The van der Waals surface area contributed by atoms with Gasteiger partial charge in [0.15, 0.2) is 9.84 Å². The molecule has 0 aliphatic carbocycles. The lowest BCUT2D eigenvalue weighted by atomic mass is 10.00. The molecule has 0 N–H and O–H groups in total. The van der Waals surface area contributed by atoms with E-state index in [2.05, 4.69) is 0 Å². The van der Waals surface area contributed by atoms with Crippen LogP contribution in [0.5, 0.6) is 0 Å². The minimum Gasteiger partial charge on any atom is -0.469 e. The third kappa shape index (κ3) is 3.82. The Morgan fingerprint density at radius 3 is 2.22 bits per heavy atom. The number of hydrogen-bond donors (Lipinski definition) is 0. The van der Waals surface area contributed by atoms with Gasteiger partial charge in [-0.3, -0.25) is 9.59 Å². The summed E-state index contributed by atoms with van der Waals surface area (Å²) in [5.74, 6) is 0.235. The molecule has 1 aromatic heterocycles. The number of fused-ring (bicyclic) bond motifs is 1. The van der Waals surface area contributed by atoms with Crippen LogP contribution in [0.3, 0.4) is 0 Å². The van der Waals surface area contributed by atoms with Crippen molar-refractivity contribution in [2.45, 2.75) is 31.7 Å². The van der Waals surface area contributed by atoms with Crippen molar-refractivity contribution in [3.8, 4) is 11.1 Å². The van der Waals surface area contributed by atoms with Gasteiger partial charge in [0.05, 0.1) is 34.1 Å². The standard InChI is InChI=1S/C24H24N2O5S/c1-15-14-25(24(28)21-11-12-31-16(21)2)23-13-19(7-10-22(23)26(15)17(3)27)18-5-8-20(9-6-18)32(4,29)30/h5-13,15H,14H2,1-4H3/t15-/m0/s1. The summed E-state index contributed by atoms with van der Waals surface area (Å²) in [4.78, 5) is 29.3. The third-order valence-electron chi connectivity index (χ3n) is 5.70. The molecule has 2 heterocycles. The molecule has 1 aliphatic heterocycles. The van der Waals surface area contributed by atoms with Gasteiger partial charge in [0.2, 0.25) is 5.91 Å². The van der Waals surface area contributed by atoms with Crippen LogP contribution in [0.25, 0.3) is 11.1 Å². The Labute approximate surface area is 187 Å². The smallest absolute Gasteiger partial charge is 0.261 e. The zero-order valence-electron chi connectivity index (χ0n) is 18.3. The number of anilines is 2. The van der Waals surface area contributed by atoms with Crippen molar-refractivity contribution in [3.63, 3.8) is 0 Å². The molecule has 0 fully saturated rings.